The number of fused-ring (bicyclic) bond motifs is 1. The number of hydrogen-bond donors (Lipinski definition) is 3. The summed E-state index contributed by atoms with van der Waals surface area (Å²) < 4.78 is 19.7. The number of nitrogens with zero attached hydrogens (tertiary/aromatic N) is 1. The first-order chi connectivity index (χ1) is 16.5. The zero-order valence-corrected chi connectivity index (χ0v) is 21.2. The number of ether oxygens (including phenoxy) is 1. The van der Waals surface area contributed by atoms with Crippen molar-refractivity contribution in [1.29, 1.82) is 0 Å². The van der Waals surface area contributed by atoms with E-state index in [0.29, 0.717) is 18.8 Å². The molecule has 1 fully saturated rings. The summed E-state index contributed by atoms with van der Waals surface area (Å²) in [6, 6.07) is 7.85. The number of carbonyl (C=O) groups excluding carboxylic acids is 1. The molecule has 1 aliphatic carbocycles. The highest BCUT2D eigenvalue weighted by molar-refractivity contribution is 5.73. The van der Waals surface area contributed by atoms with Crippen molar-refractivity contribution in [2.24, 2.45) is 5.41 Å². The van der Waals surface area contributed by atoms with Crippen LogP contribution in [0.4, 0.5) is 4.39 Å². The van der Waals surface area contributed by atoms with Gasteiger partial charge in [0.15, 0.2) is 0 Å². The number of amides is 1. The Bertz CT molecular complexity index is 1030. The third kappa shape index (κ3) is 6.58. The molecule has 2 aliphatic rings. The van der Waals surface area contributed by atoms with E-state index in [9.17, 15) is 14.3 Å². The molecule has 35 heavy (non-hydrogen) atoms. The largest absolute Gasteiger partial charge is 0.471 e. The van der Waals surface area contributed by atoms with Crippen molar-refractivity contribution in [3.63, 3.8) is 0 Å². The van der Waals surface area contributed by atoms with Crippen LogP contribution in [0.25, 0.3) is 0 Å². The van der Waals surface area contributed by atoms with Crippen LogP contribution < -0.4 is 15.4 Å². The Morgan fingerprint density at radius 3 is 2.57 bits per heavy atom. The van der Waals surface area contributed by atoms with E-state index in [2.05, 4.69) is 42.5 Å². The molecule has 0 saturated heterocycles. The van der Waals surface area contributed by atoms with Crippen LogP contribution in [0.2, 0.25) is 0 Å². The third-order valence-corrected chi connectivity index (χ3v) is 6.99. The highest BCUT2D eigenvalue weighted by Gasteiger charge is 2.46. The van der Waals surface area contributed by atoms with Crippen molar-refractivity contribution in [1.82, 2.24) is 15.6 Å². The van der Waals surface area contributed by atoms with Gasteiger partial charge >= 0.3 is 0 Å². The van der Waals surface area contributed by atoms with Crippen LogP contribution in [-0.2, 0) is 17.6 Å². The van der Waals surface area contributed by atoms with Crippen molar-refractivity contribution in [3.8, 4) is 5.88 Å². The molecule has 1 amide bonds. The number of nitrogens with one attached hydrogen (secondary N) is 2. The molecule has 190 valence electrons. The van der Waals surface area contributed by atoms with Crippen molar-refractivity contribution in [3.05, 3.63) is 59.0 Å². The van der Waals surface area contributed by atoms with E-state index in [1.807, 2.05) is 6.20 Å². The summed E-state index contributed by atoms with van der Waals surface area (Å²) >= 11 is 0. The van der Waals surface area contributed by atoms with E-state index >= 15 is 0 Å². The lowest BCUT2D eigenvalue weighted by atomic mass is 9.73. The number of aliphatic hydroxyl groups is 1. The van der Waals surface area contributed by atoms with Crippen molar-refractivity contribution in [2.75, 3.05) is 6.54 Å². The first-order valence-electron chi connectivity index (χ1n) is 12.6. The average molecular weight is 484 g/mol. The summed E-state index contributed by atoms with van der Waals surface area (Å²) in [5, 5.41) is 17.5. The predicted molar refractivity (Wildman–Crippen MR) is 134 cm³/mol. The zero-order chi connectivity index (χ0) is 25.2. The molecule has 3 atom stereocenters. The van der Waals surface area contributed by atoms with Gasteiger partial charge in [-0.05, 0) is 66.8 Å². The lowest BCUT2D eigenvalue weighted by Gasteiger charge is -2.47. The minimum atomic E-state index is -0.821. The van der Waals surface area contributed by atoms with Gasteiger partial charge in [0, 0.05) is 37.7 Å². The number of aliphatic hydroxyl groups excluding tert-OH is 1. The Labute approximate surface area is 207 Å². The fourth-order valence-electron chi connectivity index (χ4n) is 5.17. The quantitative estimate of drug-likeness (QED) is 0.523. The maximum atomic E-state index is 13.3. The van der Waals surface area contributed by atoms with Crippen LogP contribution >= 0.6 is 0 Å². The zero-order valence-electron chi connectivity index (χ0n) is 21.2. The Kier molecular flexibility index (Phi) is 7.48. The molecule has 4 rings (SSSR count). The average Bonchev–Trinajstić information content (AvgIpc) is 2.75. The van der Waals surface area contributed by atoms with Gasteiger partial charge in [0.1, 0.15) is 11.4 Å². The highest BCUT2D eigenvalue weighted by atomic mass is 19.1. The molecule has 2 aromatic rings. The number of rotatable bonds is 8. The summed E-state index contributed by atoms with van der Waals surface area (Å²) in [4.78, 5) is 16.5. The van der Waals surface area contributed by atoms with Gasteiger partial charge in [-0.25, -0.2) is 9.37 Å². The molecule has 0 radical (unpaired) electrons. The van der Waals surface area contributed by atoms with Crippen LogP contribution in [0.1, 0.15) is 76.1 Å². The first kappa shape index (κ1) is 25.6. The smallest absolute Gasteiger partial charge is 0.218 e. The molecule has 1 saturated carbocycles. The van der Waals surface area contributed by atoms with Gasteiger partial charge in [-0.2, -0.15) is 0 Å². The molecule has 1 spiro atoms. The second-order valence-corrected chi connectivity index (χ2v) is 11.5. The third-order valence-electron chi connectivity index (χ3n) is 6.99. The molecular formula is C28H38FN3O3. The van der Waals surface area contributed by atoms with Gasteiger partial charge in [-0.3, -0.25) is 4.79 Å². The molecule has 3 N–H and O–H groups in total. The number of hydrogen-bond acceptors (Lipinski definition) is 5. The minimum absolute atomic E-state index is 0.00455. The van der Waals surface area contributed by atoms with E-state index in [0.717, 1.165) is 43.2 Å². The topological polar surface area (TPSA) is 83.5 Å². The Balaban J connectivity index is 1.49. The van der Waals surface area contributed by atoms with Crippen LogP contribution in [0.5, 0.6) is 5.88 Å². The van der Waals surface area contributed by atoms with E-state index in [4.69, 9.17) is 4.74 Å². The summed E-state index contributed by atoms with van der Waals surface area (Å²) in [5.74, 6) is 0.164. The molecule has 2 heterocycles. The van der Waals surface area contributed by atoms with Gasteiger partial charge < -0.3 is 20.5 Å². The monoisotopic (exact) mass is 483 g/mol. The summed E-state index contributed by atoms with van der Waals surface area (Å²) in [7, 11) is 0. The van der Waals surface area contributed by atoms with E-state index in [1.165, 1.54) is 24.6 Å². The number of halogens is 1. The van der Waals surface area contributed by atoms with Crippen molar-refractivity contribution < 1.29 is 19.0 Å². The minimum Gasteiger partial charge on any atom is -0.471 e. The number of carbonyl (C=O) groups is 1. The summed E-state index contributed by atoms with van der Waals surface area (Å²) in [6.07, 6.45) is 6.42. The molecular weight excluding hydrogens is 445 g/mol. The molecule has 1 aliphatic heterocycles. The molecule has 0 bridgehead atoms. The van der Waals surface area contributed by atoms with Gasteiger partial charge in [-0.15, -0.1) is 0 Å². The molecule has 1 aromatic heterocycles. The van der Waals surface area contributed by atoms with E-state index in [-0.39, 0.29) is 28.8 Å². The SMILES string of the molecule is CC(=O)N[C@@H](Cc1ccc(F)cc1)[C@H](O)CN[C@H]1CC2(CCC2)Oc2ncc(CC(C)(C)C)cc21. The molecule has 7 heteroatoms. The maximum Gasteiger partial charge on any atom is 0.218 e. The Morgan fingerprint density at radius 2 is 1.97 bits per heavy atom. The van der Waals surface area contributed by atoms with Gasteiger partial charge in [0.2, 0.25) is 11.8 Å². The summed E-state index contributed by atoms with van der Waals surface area (Å²) in [6.45, 7) is 8.37. The number of aromatic nitrogens is 1. The van der Waals surface area contributed by atoms with Crippen LogP contribution in [0, 0.1) is 11.2 Å². The Morgan fingerprint density at radius 1 is 1.26 bits per heavy atom. The molecule has 0 unspecified atom stereocenters. The summed E-state index contributed by atoms with van der Waals surface area (Å²) in [5.41, 5.74) is 3.02. The van der Waals surface area contributed by atoms with Crippen LogP contribution in [0.3, 0.4) is 0 Å². The predicted octanol–water partition coefficient (Wildman–Crippen LogP) is 4.25. The fraction of sp³-hybridized carbons (Fsp3) is 0.571. The molecule has 6 nitrogen and oxygen atoms in total. The van der Waals surface area contributed by atoms with Gasteiger partial charge in [-0.1, -0.05) is 32.9 Å². The number of benzene rings is 1. The highest BCUT2D eigenvalue weighted by Crippen LogP contribution is 2.48. The lowest BCUT2D eigenvalue weighted by Crippen LogP contribution is -2.52. The normalized spacial score (nSPS) is 20.3. The van der Waals surface area contributed by atoms with E-state index < -0.39 is 12.1 Å². The first-order valence-corrected chi connectivity index (χ1v) is 12.6. The van der Waals surface area contributed by atoms with Gasteiger partial charge in [0.25, 0.3) is 0 Å². The van der Waals surface area contributed by atoms with E-state index in [1.54, 1.807) is 12.1 Å². The fourth-order valence-corrected chi connectivity index (χ4v) is 5.17. The maximum absolute atomic E-state index is 13.3. The van der Waals surface area contributed by atoms with Crippen molar-refractivity contribution in [2.45, 2.75) is 90.0 Å². The second-order valence-electron chi connectivity index (χ2n) is 11.5. The lowest BCUT2D eigenvalue weighted by molar-refractivity contribution is -0.120. The van der Waals surface area contributed by atoms with Gasteiger partial charge in [0.05, 0.1) is 12.1 Å². The second kappa shape index (κ2) is 10.2. The number of pyridine rings is 1. The van der Waals surface area contributed by atoms with Crippen LogP contribution in [-0.4, -0.2) is 40.3 Å². The standard InChI is InChI=1S/C28H38FN3O3/c1-18(33)32-23(13-19-6-8-21(29)9-7-19)25(34)17-30-24-15-28(10-5-11-28)35-26-22(24)12-20(16-31-26)14-27(2,3)4/h6-9,12,16,23-25,30,34H,5,10-11,13-15,17H2,1-4H3,(H,32,33)/t23-,24-,25+/m0/s1. The van der Waals surface area contributed by atoms with Crippen molar-refractivity contribution >= 4 is 5.91 Å². The Hall–Kier alpha value is -2.51. The van der Waals surface area contributed by atoms with Crippen LogP contribution in [0.15, 0.2) is 36.5 Å². The molecule has 1 aromatic carbocycles.